The maximum absolute atomic E-state index is 12.2. The van der Waals surface area contributed by atoms with Crippen LogP contribution in [0.25, 0.3) is 6.08 Å². The van der Waals surface area contributed by atoms with E-state index in [0.29, 0.717) is 5.02 Å². The molecule has 1 unspecified atom stereocenters. The van der Waals surface area contributed by atoms with Gasteiger partial charge in [-0.15, -0.1) is 11.3 Å². The first-order valence-corrected chi connectivity index (χ1v) is 7.85. The lowest BCUT2D eigenvalue weighted by Crippen LogP contribution is -2.27. The number of carbonyl (C=O) groups excluding carboxylic acids is 1. The number of aryl methyl sites for hydroxylation is 1. The molecular formula is C16H17ClN2OS. The van der Waals surface area contributed by atoms with E-state index in [1.807, 2.05) is 43.5 Å². The van der Waals surface area contributed by atoms with Gasteiger partial charge >= 0.3 is 0 Å². The molecule has 0 saturated heterocycles. The van der Waals surface area contributed by atoms with Crippen molar-refractivity contribution in [3.8, 4) is 0 Å². The van der Waals surface area contributed by atoms with Crippen molar-refractivity contribution in [2.45, 2.75) is 19.9 Å². The van der Waals surface area contributed by atoms with Crippen LogP contribution in [-0.2, 0) is 4.79 Å². The number of rotatable bonds is 4. The fourth-order valence-electron chi connectivity index (χ4n) is 1.89. The maximum atomic E-state index is 12.2. The van der Waals surface area contributed by atoms with Crippen molar-refractivity contribution in [2.24, 2.45) is 0 Å². The molecule has 1 amide bonds. The van der Waals surface area contributed by atoms with Gasteiger partial charge in [-0.25, -0.2) is 4.98 Å². The molecule has 1 aromatic carbocycles. The van der Waals surface area contributed by atoms with Crippen LogP contribution in [0, 0.1) is 6.92 Å². The number of nitrogens with zero attached hydrogens (tertiary/aromatic N) is 2. The van der Waals surface area contributed by atoms with Crippen molar-refractivity contribution < 1.29 is 4.79 Å². The zero-order chi connectivity index (χ0) is 15.4. The van der Waals surface area contributed by atoms with Gasteiger partial charge in [-0.3, -0.25) is 4.79 Å². The Morgan fingerprint density at radius 3 is 2.62 bits per heavy atom. The smallest absolute Gasteiger partial charge is 0.246 e. The Morgan fingerprint density at radius 1 is 1.38 bits per heavy atom. The van der Waals surface area contributed by atoms with Gasteiger partial charge in [0.2, 0.25) is 5.91 Å². The molecule has 0 radical (unpaired) electrons. The zero-order valence-electron chi connectivity index (χ0n) is 12.2. The summed E-state index contributed by atoms with van der Waals surface area (Å²) in [6, 6.07) is 7.52. The standard InChI is InChI=1S/C16H17ClN2OS/c1-11(13-4-6-14(17)7-5-13)19(3)16(20)9-8-15-10-21-12(2)18-15/h4-11H,1-3H3/b9-8+. The summed E-state index contributed by atoms with van der Waals surface area (Å²) in [5, 5.41) is 3.62. The van der Waals surface area contributed by atoms with Crippen molar-refractivity contribution in [3.05, 3.63) is 57.0 Å². The van der Waals surface area contributed by atoms with Gasteiger partial charge in [-0.1, -0.05) is 23.7 Å². The number of aromatic nitrogens is 1. The molecule has 0 saturated carbocycles. The highest BCUT2D eigenvalue weighted by Gasteiger charge is 2.15. The van der Waals surface area contributed by atoms with Crippen LogP contribution in [0.15, 0.2) is 35.7 Å². The van der Waals surface area contributed by atoms with E-state index in [1.54, 1.807) is 35.4 Å². The highest BCUT2D eigenvalue weighted by molar-refractivity contribution is 7.09. The lowest BCUT2D eigenvalue weighted by molar-refractivity contribution is -0.126. The van der Waals surface area contributed by atoms with Crippen LogP contribution in [0.4, 0.5) is 0 Å². The number of hydrogen-bond acceptors (Lipinski definition) is 3. The van der Waals surface area contributed by atoms with Gasteiger partial charge in [-0.2, -0.15) is 0 Å². The summed E-state index contributed by atoms with van der Waals surface area (Å²) >= 11 is 7.45. The van der Waals surface area contributed by atoms with Gasteiger partial charge in [0.1, 0.15) is 0 Å². The van der Waals surface area contributed by atoms with E-state index in [9.17, 15) is 4.79 Å². The van der Waals surface area contributed by atoms with Crippen molar-refractivity contribution in [2.75, 3.05) is 7.05 Å². The fraction of sp³-hybridized carbons (Fsp3) is 0.250. The minimum Gasteiger partial charge on any atom is -0.335 e. The van der Waals surface area contributed by atoms with Crippen molar-refractivity contribution in [1.29, 1.82) is 0 Å². The van der Waals surface area contributed by atoms with E-state index < -0.39 is 0 Å². The van der Waals surface area contributed by atoms with Gasteiger partial charge in [0.05, 0.1) is 16.7 Å². The van der Waals surface area contributed by atoms with Crippen LogP contribution in [0.1, 0.15) is 29.2 Å². The van der Waals surface area contributed by atoms with E-state index in [0.717, 1.165) is 16.3 Å². The van der Waals surface area contributed by atoms with Crippen LogP contribution in [0.3, 0.4) is 0 Å². The number of thiazole rings is 1. The Labute approximate surface area is 133 Å². The number of halogens is 1. The molecule has 1 aromatic heterocycles. The largest absolute Gasteiger partial charge is 0.335 e. The molecule has 2 rings (SSSR count). The van der Waals surface area contributed by atoms with Crippen molar-refractivity contribution >= 4 is 34.9 Å². The molecule has 0 aliphatic heterocycles. The second-order valence-electron chi connectivity index (χ2n) is 4.80. The molecule has 1 atom stereocenters. The van der Waals surface area contributed by atoms with Crippen molar-refractivity contribution in [3.63, 3.8) is 0 Å². The molecule has 0 bridgehead atoms. The second-order valence-corrected chi connectivity index (χ2v) is 6.30. The van der Waals surface area contributed by atoms with E-state index in [2.05, 4.69) is 4.98 Å². The molecule has 0 fully saturated rings. The third-order valence-corrected chi connectivity index (χ3v) is 4.36. The van der Waals surface area contributed by atoms with E-state index in [-0.39, 0.29) is 11.9 Å². The van der Waals surface area contributed by atoms with Crippen LogP contribution in [0.5, 0.6) is 0 Å². The van der Waals surface area contributed by atoms with Gasteiger partial charge in [0, 0.05) is 23.5 Å². The maximum Gasteiger partial charge on any atom is 0.246 e. The highest BCUT2D eigenvalue weighted by Crippen LogP contribution is 2.21. The van der Waals surface area contributed by atoms with Crippen LogP contribution in [0.2, 0.25) is 5.02 Å². The lowest BCUT2D eigenvalue weighted by atomic mass is 10.1. The quantitative estimate of drug-likeness (QED) is 0.785. The first-order chi connectivity index (χ1) is 9.97. The monoisotopic (exact) mass is 320 g/mol. The molecule has 3 nitrogen and oxygen atoms in total. The summed E-state index contributed by atoms with van der Waals surface area (Å²) in [5.74, 6) is -0.0527. The zero-order valence-corrected chi connectivity index (χ0v) is 13.8. The van der Waals surface area contributed by atoms with Crippen molar-refractivity contribution in [1.82, 2.24) is 9.88 Å². The molecule has 2 aromatic rings. The Morgan fingerprint density at radius 2 is 2.05 bits per heavy atom. The molecule has 5 heteroatoms. The molecule has 110 valence electrons. The predicted octanol–water partition coefficient (Wildman–Crippen LogP) is 4.34. The normalized spacial score (nSPS) is 12.6. The third-order valence-electron chi connectivity index (χ3n) is 3.31. The number of benzene rings is 1. The minimum atomic E-state index is -0.0527. The summed E-state index contributed by atoms with van der Waals surface area (Å²) < 4.78 is 0. The van der Waals surface area contributed by atoms with Gasteiger partial charge in [0.25, 0.3) is 0 Å². The van der Waals surface area contributed by atoms with E-state index in [4.69, 9.17) is 11.6 Å². The number of amides is 1. The summed E-state index contributed by atoms with van der Waals surface area (Å²) in [6.07, 6.45) is 3.30. The summed E-state index contributed by atoms with van der Waals surface area (Å²) in [6.45, 7) is 3.93. The average Bonchev–Trinajstić information content (AvgIpc) is 2.89. The average molecular weight is 321 g/mol. The molecule has 21 heavy (non-hydrogen) atoms. The lowest BCUT2D eigenvalue weighted by Gasteiger charge is -2.24. The topological polar surface area (TPSA) is 33.2 Å². The molecule has 1 heterocycles. The van der Waals surface area contributed by atoms with Gasteiger partial charge in [-0.05, 0) is 37.6 Å². The predicted molar refractivity (Wildman–Crippen MR) is 88.5 cm³/mol. The Kier molecular flexibility index (Phi) is 5.15. The van der Waals surface area contributed by atoms with Gasteiger partial charge < -0.3 is 4.90 Å². The fourth-order valence-corrected chi connectivity index (χ4v) is 2.59. The highest BCUT2D eigenvalue weighted by atomic mass is 35.5. The molecule has 0 N–H and O–H groups in total. The molecule has 0 aliphatic rings. The number of hydrogen-bond donors (Lipinski definition) is 0. The van der Waals surface area contributed by atoms with Crippen LogP contribution in [-0.4, -0.2) is 22.8 Å². The molecule has 0 aliphatic carbocycles. The Hall–Kier alpha value is -1.65. The minimum absolute atomic E-state index is 0.0170. The van der Waals surface area contributed by atoms with E-state index >= 15 is 0 Å². The third kappa shape index (κ3) is 4.16. The Bertz CT molecular complexity index is 649. The van der Waals surface area contributed by atoms with Gasteiger partial charge in [0.15, 0.2) is 0 Å². The first kappa shape index (κ1) is 15.7. The SMILES string of the molecule is Cc1nc(/C=C/C(=O)N(C)C(C)c2ccc(Cl)cc2)cs1. The number of likely N-dealkylation sites (N-methyl/N-ethyl adjacent to an activating group) is 1. The molecular weight excluding hydrogens is 304 g/mol. The Balaban J connectivity index is 2.04. The van der Waals surface area contributed by atoms with E-state index in [1.165, 1.54) is 0 Å². The summed E-state index contributed by atoms with van der Waals surface area (Å²) in [4.78, 5) is 18.2. The first-order valence-electron chi connectivity index (χ1n) is 6.60. The molecule has 0 spiro atoms. The summed E-state index contributed by atoms with van der Waals surface area (Å²) in [7, 11) is 1.79. The van der Waals surface area contributed by atoms with Crippen LogP contribution < -0.4 is 0 Å². The van der Waals surface area contributed by atoms with Crippen LogP contribution >= 0.6 is 22.9 Å². The summed E-state index contributed by atoms with van der Waals surface area (Å²) in [5.41, 5.74) is 1.87. The number of carbonyl (C=O) groups is 1. The second kappa shape index (κ2) is 6.87.